The second kappa shape index (κ2) is 7.79. The molecule has 0 heterocycles. The minimum Gasteiger partial charge on any atom is -0.310 e. The maximum Gasteiger partial charge on any atom is 0.0465 e. The number of halogens is 2. The molecule has 0 aromatic heterocycles. The van der Waals surface area contributed by atoms with Crippen molar-refractivity contribution in [3.05, 3.63) is 33.3 Å². The van der Waals surface area contributed by atoms with Crippen LogP contribution in [0.15, 0.2) is 22.7 Å². The molecule has 0 radical (unpaired) electrons. The van der Waals surface area contributed by atoms with E-state index in [9.17, 15) is 0 Å². The predicted octanol–water partition coefficient (Wildman–Crippen LogP) is 4.63. The van der Waals surface area contributed by atoms with Gasteiger partial charge in [-0.15, -0.1) is 0 Å². The van der Waals surface area contributed by atoms with Crippen LogP contribution in [0.1, 0.15) is 44.2 Å². The lowest BCUT2D eigenvalue weighted by molar-refractivity contribution is 0.298. The zero-order valence-corrected chi connectivity index (χ0v) is 14.7. The van der Waals surface area contributed by atoms with Crippen LogP contribution in [-0.4, -0.2) is 31.1 Å². The highest BCUT2D eigenvalue weighted by Crippen LogP contribution is 2.30. The normalized spacial score (nSPS) is 16.6. The Kier molecular flexibility index (Phi) is 6.34. The van der Waals surface area contributed by atoms with Crippen LogP contribution in [0.3, 0.4) is 0 Å². The Labute approximate surface area is 136 Å². The van der Waals surface area contributed by atoms with Gasteiger partial charge in [0.05, 0.1) is 0 Å². The Bertz CT molecular complexity index is 434. The molecule has 0 saturated heterocycles. The second-order valence-corrected chi connectivity index (χ2v) is 7.00. The Balaban J connectivity index is 2.00. The third-order valence-electron chi connectivity index (χ3n) is 3.92. The van der Waals surface area contributed by atoms with Crippen LogP contribution in [-0.2, 0) is 0 Å². The molecule has 0 amide bonds. The van der Waals surface area contributed by atoms with Crippen molar-refractivity contribution in [1.29, 1.82) is 0 Å². The lowest BCUT2D eigenvalue weighted by atomic mass is 10.0. The standard InChI is InChI=1S/C16H24BrClN2/c1-3-9-19-16(8-10-20(2)13-5-6-13)14-7-4-12(17)11-15(14)18/h4,7,11,13,16,19H,3,5-6,8-10H2,1-2H3. The van der Waals surface area contributed by atoms with Gasteiger partial charge < -0.3 is 10.2 Å². The van der Waals surface area contributed by atoms with Gasteiger partial charge in [0.25, 0.3) is 0 Å². The van der Waals surface area contributed by atoms with Crippen LogP contribution >= 0.6 is 27.5 Å². The van der Waals surface area contributed by atoms with E-state index in [-0.39, 0.29) is 0 Å². The fourth-order valence-corrected chi connectivity index (χ4v) is 3.31. The van der Waals surface area contributed by atoms with E-state index in [1.807, 2.05) is 6.07 Å². The fourth-order valence-electron chi connectivity index (χ4n) is 2.50. The Morgan fingerprint density at radius 1 is 1.45 bits per heavy atom. The summed E-state index contributed by atoms with van der Waals surface area (Å²) in [7, 11) is 2.23. The smallest absolute Gasteiger partial charge is 0.0465 e. The van der Waals surface area contributed by atoms with Crippen molar-refractivity contribution >= 4 is 27.5 Å². The summed E-state index contributed by atoms with van der Waals surface area (Å²) in [4.78, 5) is 2.48. The van der Waals surface area contributed by atoms with Crippen LogP contribution < -0.4 is 5.32 Å². The van der Waals surface area contributed by atoms with E-state index in [0.717, 1.165) is 41.5 Å². The van der Waals surface area contributed by atoms with Gasteiger partial charge in [0.1, 0.15) is 0 Å². The van der Waals surface area contributed by atoms with Gasteiger partial charge in [0.2, 0.25) is 0 Å². The predicted molar refractivity (Wildman–Crippen MR) is 90.5 cm³/mol. The molecule has 0 spiro atoms. The zero-order valence-electron chi connectivity index (χ0n) is 12.3. The third kappa shape index (κ3) is 4.73. The third-order valence-corrected chi connectivity index (χ3v) is 4.74. The molecule has 1 aliphatic rings. The number of hydrogen-bond donors (Lipinski definition) is 1. The van der Waals surface area contributed by atoms with Gasteiger partial charge in [0, 0.05) is 21.6 Å². The first-order chi connectivity index (χ1) is 9.61. The maximum atomic E-state index is 6.41. The minimum absolute atomic E-state index is 0.344. The number of nitrogens with zero attached hydrogens (tertiary/aromatic N) is 1. The average Bonchev–Trinajstić information content (AvgIpc) is 3.24. The van der Waals surface area contributed by atoms with Gasteiger partial charge in [-0.25, -0.2) is 0 Å². The van der Waals surface area contributed by atoms with Crippen molar-refractivity contribution in [2.45, 2.75) is 44.7 Å². The molecule has 2 rings (SSSR count). The summed E-state index contributed by atoms with van der Waals surface area (Å²) < 4.78 is 1.04. The fraction of sp³-hybridized carbons (Fsp3) is 0.625. The molecule has 4 heteroatoms. The van der Waals surface area contributed by atoms with Crippen molar-refractivity contribution in [3.63, 3.8) is 0 Å². The van der Waals surface area contributed by atoms with Gasteiger partial charge in [-0.3, -0.25) is 0 Å². The van der Waals surface area contributed by atoms with E-state index < -0.39 is 0 Å². The van der Waals surface area contributed by atoms with E-state index in [4.69, 9.17) is 11.6 Å². The van der Waals surface area contributed by atoms with Crippen molar-refractivity contribution in [2.24, 2.45) is 0 Å². The molecule has 1 fully saturated rings. The molecule has 1 aromatic rings. The molecule has 1 atom stereocenters. The van der Waals surface area contributed by atoms with E-state index in [2.05, 4.69) is 52.3 Å². The Morgan fingerprint density at radius 3 is 2.80 bits per heavy atom. The molecule has 0 bridgehead atoms. The second-order valence-electron chi connectivity index (χ2n) is 5.67. The monoisotopic (exact) mass is 358 g/mol. The molecule has 2 nitrogen and oxygen atoms in total. The molecule has 1 unspecified atom stereocenters. The van der Waals surface area contributed by atoms with Gasteiger partial charge in [-0.1, -0.05) is 40.5 Å². The first-order valence-electron chi connectivity index (χ1n) is 7.50. The van der Waals surface area contributed by atoms with Crippen molar-refractivity contribution in [3.8, 4) is 0 Å². The number of hydrogen-bond acceptors (Lipinski definition) is 2. The molecule has 1 aliphatic carbocycles. The lowest BCUT2D eigenvalue weighted by Gasteiger charge is -2.24. The van der Waals surface area contributed by atoms with Crippen LogP contribution in [0.25, 0.3) is 0 Å². The SMILES string of the molecule is CCCNC(CCN(C)C1CC1)c1ccc(Br)cc1Cl. The first-order valence-corrected chi connectivity index (χ1v) is 8.67. The van der Waals surface area contributed by atoms with E-state index >= 15 is 0 Å². The molecule has 1 N–H and O–H groups in total. The summed E-state index contributed by atoms with van der Waals surface area (Å²) >= 11 is 9.88. The maximum absolute atomic E-state index is 6.41. The first kappa shape index (κ1) is 16.3. The highest BCUT2D eigenvalue weighted by molar-refractivity contribution is 9.10. The largest absolute Gasteiger partial charge is 0.310 e. The van der Waals surface area contributed by atoms with Gasteiger partial charge in [-0.05, 0) is 63.5 Å². The van der Waals surface area contributed by atoms with Crippen LogP contribution in [0.2, 0.25) is 5.02 Å². The molecule has 112 valence electrons. The summed E-state index contributed by atoms with van der Waals surface area (Å²) in [6.07, 6.45) is 4.97. The number of benzene rings is 1. The van der Waals surface area contributed by atoms with Crippen molar-refractivity contribution in [1.82, 2.24) is 10.2 Å². The molecular formula is C16H24BrClN2. The van der Waals surface area contributed by atoms with Crippen molar-refractivity contribution in [2.75, 3.05) is 20.1 Å². The van der Waals surface area contributed by atoms with Crippen LogP contribution in [0.4, 0.5) is 0 Å². The van der Waals surface area contributed by atoms with Gasteiger partial charge >= 0.3 is 0 Å². The molecule has 0 aliphatic heterocycles. The zero-order chi connectivity index (χ0) is 14.5. The topological polar surface area (TPSA) is 15.3 Å². The van der Waals surface area contributed by atoms with Crippen molar-refractivity contribution < 1.29 is 0 Å². The van der Waals surface area contributed by atoms with E-state index in [1.165, 1.54) is 18.4 Å². The minimum atomic E-state index is 0.344. The summed E-state index contributed by atoms with van der Waals surface area (Å²) in [6.45, 7) is 4.35. The van der Waals surface area contributed by atoms with E-state index in [0.29, 0.717) is 6.04 Å². The lowest BCUT2D eigenvalue weighted by Crippen LogP contribution is -2.29. The number of rotatable bonds is 8. The Hall–Kier alpha value is -0.0900. The highest BCUT2D eigenvalue weighted by Gasteiger charge is 2.26. The van der Waals surface area contributed by atoms with Gasteiger partial charge in [-0.2, -0.15) is 0 Å². The molecule has 1 saturated carbocycles. The summed E-state index contributed by atoms with van der Waals surface area (Å²) in [5.74, 6) is 0. The molecular weight excluding hydrogens is 336 g/mol. The van der Waals surface area contributed by atoms with Gasteiger partial charge in [0.15, 0.2) is 0 Å². The summed E-state index contributed by atoms with van der Waals surface area (Å²) in [5, 5.41) is 4.48. The van der Waals surface area contributed by atoms with Crippen LogP contribution in [0.5, 0.6) is 0 Å². The summed E-state index contributed by atoms with van der Waals surface area (Å²) in [5.41, 5.74) is 1.22. The van der Waals surface area contributed by atoms with Crippen LogP contribution in [0, 0.1) is 0 Å². The van der Waals surface area contributed by atoms with E-state index in [1.54, 1.807) is 0 Å². The average molecular weight is 360 g/mol. The molecule has 20 heavy (non-hydrogen) atoms. The highest BCUT2D eigenvalue weighted by atomic mass is 79.9. The molecule has 1 aromatic carbocycles. The number of nitrogens with one attached hydrogen (secondary N) is 1. The Morgan fingerprint density at radius 2 is 2.20 bits per heavy atom. The summed E-state index contributed by atoms with van der Waals surface area (Å²) in [6, 6.07) is 7.37. The quantitative estimate of drug-likeness (QED) is 0.728.